The molecule has 1 aromatic carbocycles. The summed E-state index contributed by atoms with van der Waals surface area (Å²) in [7, 11) is 0. The number of carbonyl (C=O) groups is 2. The molecule has 0 radical (unpaired) electrons. The lowest BCUT2D eigenvalue weighted by Crippen LogP contribution is -2.43. The molecule has 1 aliphatic heterocycles. The Balaban J connectivity index is 1.64. The SMILES string of the molecule is Cc1ccncc1C(=O)Nc1cnn2c1C(=O)N(c1ccc(C(F)(F)F)cc1)C[C@@H]2C. The van der Waals surface area contributed by atoms with Crippen LogP contribution >= 0.6 is 0 Å². The van der Waals surface area contributed by atoms with Gasteiger partial charge in [0.1, 0.15) is 0 Å². The van der Waals surface area contributed by atoms with E-state index in [0.717, 1.165) is 17.7 Å². The lowest BCUT2D eigenvalue weighted by molar-refractivity contribution is -0.137. The molecular formula is C21H18F3N5O2. The third kappa shape index (κ3) is 3.76. The molecule has 2 amide bonds. The molecule has 0 spiro atoms. The molecule has 0 fully saturated rings. The van der Waals surface area contributed by atoms with Crippen LogP contribution in [0.2, 0.25) is 0 Å². The van der Waals surface area contributed by atoms with E-state index >= 15 is 0 Å². The maximum atomic E-state index is 13.2. The molecule has 1 aliphatic rings. The number of aryl methyl sites for hydroxylation is 1. The summed E-state index contributed by atoms with van der Waals surface area (Å²) in [6, 6.07) is 5.84. The number of rotatable bonds is 3. The van der Waals surface area contributed by atoms with E-state index in [2.05, 4.69) is 15.4 Å². The maximum absolute atomic E-state index is 13.2. The van der Waals surface area contributed by atoms with Gasteiger partial charge in [-0.3, -0.25) is 19.3 Å². The standard InChI is InChI=1S/C21H18F3N5O2/c1-12-7-8-25-9-16(12)19(30)27-17-10-26-29-13(2)11-28(20(31)18(17)29)15-5-3-14(4-6-15)21(22,23)24/h3-10,13H,11H2,1-2H3,(H,27,30)/t13-/m0/s1. The normalized spacial score (nSPS) is 16.2. The second kappa shape index (κ2) is 7.53. The number of aromatic nitrogens is 3. The summed E-state index contributed by atoms with van der Waals surface area (Å²) in [5.74, 6) is -0.901. The molecule has 0 saturated heterocycles. The summed E-state index contributed by atoms with van der Waals surface area (Å²) in [5.41, 5.74) is 1.00. The number of nitrogens with one attached hydrogen (secondary N) is 1. The van der Waals surface area contributed by atoms with Gasteiger partial charge in [0.05, 0.1) is 29.1 Å². The number of carbonyl (C=O) groups excluding carboxylic acids is 2. The Morgan fingerprint density at radius 3 is 2.52 bits per heavy atom. The van der Waals surface area contributed by atoms with Crippen molar-refractivity contribution in [3.05, 3.63) is 71.3 Å². The molecule has 160 valence electrons. The third-order valence-electron chi connectivity index (χ3n) is 5.15. The topological polar surface area (TPSA) is 80.1 Å². The third-order valence-corrected chi connectivity index (χ3v) is 5.15. The second-order valence-corrected chi connectivity index (χ2v) is 7.31. The maximum Gasteiger partial charge on any atom is 0.416 e. The van der Waals surface area contributed by atoms with Crippen molar-refractivity contribution in [2.24, 2.45) is 0 Å². The highest BCUT2D eigenvalue weighted by Gasteiger charge is 2.35. The van der Waals surface area contributed by atoms with Gasteiger partial charge in [-0.25, -0.2) is 0 Å². The monoisotopic (exact) mass is 429 g/mol. The minimum absolute atomic E-state index is 0.161. The molecular weight excluding hydrogens is 411 g/mol. The number of alkyl halides is 3. The summed E-state index contributed by atoms with van der Waals surface area (Å²) >= 11 is 0. The Kier molecular flexibility index (Phi) is 5.00. The molecule has 0 unspecified atom stereocenters. The summed E-state index contributed by atoms with van der Waals surface area (Å²) in [4.78, 5) is 31.2. The first-order valence-corrected chi connectivity index (χ1v) is 9.45. The number of nitrogens with zero attached hydrogens (tertiary/aromatic N) is 4. The quantitative estimate of drug-likeness (QED) is 0.681. The molecule has 0 saturated carbocycles. The summed E-state index contributed by atoms with van der Waals surface area (Å²) in [6.07, 6.45) is -0.0670. The van der Waals surface area contributed by atoms with E-state index in [1.165, 1.54) is 34.1 Å². The van der Waals surface area contributed by atoms with Crippen LogP contribution in [0.25, 0.3) is 0 Å². The van der Waals surface area contributed by atoms with Crippen LogP contribution in [0.5, 0.6) is 0 Å². The van der Waals surface area contributed by atoms with Crippen molar-refractivity contribution < 1.29 is 22.8 Å². The van der Waals surface area contributed by atoms with E-state index in [-0.39, 0.29) is 24.0 Å². The first kappa shape index (κ1) is 20.6. The van der Waals surface area contributed by atoms with Crippen molar-refractivity contribution >= 4 is 23.2 Å². The Bertz CT molecular complexity index is 1150. The van der Waals surface area contributed by atoms with E-state index in [4.69, 9.17) is 0 Å². The Hall–Kier alpha value is -3.69. The highest BCUT2D eigenvalue weighted by atomic mass is 19.4. The van der Waals surface area contributed by atoms with Gasteiger partial charge >= 0.3 is 6.18 Å². The fourth-order valence-electron chi connectivity index (χ4n) is 3.50. The van der Waals surface area contributed by atoms with Crippen molar-refractivity contribution in [2.45, 2.75) is 26.1 Å². The Labute approximate surface area is 175 Å². The first-order chi connectivity index (χ1) is 14.7. The van der Waals surface area contributed by atoms with Crippen molar-refractivity contribution in [3.63, 3.8) is 0 Å². The van der Waals surface area contributed by atoms with E-state index in [9.17, 15) is 22.8 Å². The predicted molar refractivity (Wildman–Crippen MR) is 107 cm³/mol. The number of halogens is 3. The lowest BCUT2D eigenvalue weighted by atomic mass is 10.1. The molecule has 2 aromatic heterocycles. The van der Waals surface area contributed by atoms with E-state index in [1.807, 2.05) is 6.92 Å². The van der Waals surface area contributed by atoms with E-state index in [1.54, 1.807) is 19.2 Å². The van der Waals surface area contributed by atoms with Crippen molar-refractivity contribution in [1.29, 1.82) is 0 Å². The van der Waals surface area contributed by atoms with E-state index < -0.39 is 23.6 Å². The number of amides is 2. The average molecular weight is 429 g/mol. The molecule has 4 rings (SSSR count). The van der Waals surface area contributed by atoms with Gasteiger partial charge in [-0.2, -0.15) is 18.3 Å². The largest absolute Gasteiger partial charge is 0.416 e. The second-order valence-electron chi connectivity index (χ2n) is 7.31. The van der Waals surface area contributed by atoms with Gasteiger partial charge in [-0.05, 0) is 49.7 Å². The van der Waals surface area contributed by atoms with E-state index in [0.29, 0.717) is 11.3 Å². The molecule has 1 atom stereocenters. The molecule has 7 nitrogen and oxygen atoms in total. The highest BCUT2D eigenvalue weighted by molar-refractivity contribution is 6.13. The smallest absolute Gasteiger partial charge is 0.319 e. The average Bonchev–Trinajstić information content (AvgIpc) is 3.15. The lowest BCUT2D eigenvalue weighted by Gasteiger charge is -2.32. The summed E-state index contributed by atoms with van der Waals surface area (Å²) < 4.78 is 40.1. The Morgan fingerprint density at radius 1 is 1.16 bits per heavy atom. The van der Waals surface area contributed by atoms with Crippen LogP contribution in [-0.4, -0.2) is 33.1 Å². The molecule has 10 heteroatoms. The molecule has 0 bridgehead atoms. The Morgan fingerprint density at radius 2 is 1.87 bits per heavy atom. The molecule has 3 aromatic rings. The van der Waals surface area contributed by atoms with Gasteiger partial charge < -0.3 is 10.2 Å². The number of fused-ring (bicyclic) bond motifs is 1. The van der Waals surface area contributed by atoms with Gasteiger partial charge in [-0.1, -0.05) is 0 Å². The van der Waals surface area contributed by atoms with Gasteiger partial charge in [0.15, 0.2) is 5.69 Å². The van der Waals surface area contributed by atoms with Gasteiger partial charge in [0.2, 0.25) is 0 Å². The van der Waals surface area contributed by atoms with Crippen LogP contribution in [0.4, 0.5) is 24.5 Å². The zero-order valence-corrected chi connectivity index (χ0v) is 16.6. The van der Waals surface area contributed by atoms with Crippen LogP contribution in [0, 0.1) is 6.92 Å². The number of anilines is 2. The highest BCUT2D eigenvalue weighted by Crippen LogP contribution is 2.33. The summed E-state index contributed by atoms with van der Waals surface area (Å²) in [6.45, 7) is 3.83. The predicted octanol–water partition coefficient (Wildman–Crippen LogP) is 4.08. The van der Waals surface area contributed by atoms with Crippen LogP contribution in [-0.2, 0) is 6.18 Å². The van der Waals surface area contributed by atoms with Crippen LogP contribution in [0.1, 0.15) is 44.9 Å². The number of hydrogen-bond acceptors (Lipinski definition) is 4. The zero-order valence-electron chi connectivity index (χ0n) is 16.6. The minimum atomic E-state index is -4.46. The molecule has 0 aliphatic carbocycles. The number of hydrogen-bond donors (Lipinski definition) is 1. The number of pyridine rings is 1. The van der Waals surface area contributed by atoms with Crippen molar-refractivity contribution in [3.8, 4) is 0 Å². The molecule has 31 heavy (non-hydrogen) atoms. The van der Waals surface area contributed by atoms with Gasteiger partial charge in [0.25, 0.3) is 11.8 Å². The van der Waals surface area contributed by atoms with Crippen molar-refractivity contribution in [1.82, 2.24) is 14.8 Å². The van der Waals surface area contributed by atoms with Gasteiger partial charge in [-0.15, -0.1) is 0 Å². The summed E-state index contributed by atoms with van der Waals surface area (Å²) in [5, 5.41) is 6.92. The minimum Gasteiger partial charge on any atom is -0.319 e. The van der Waals surface area contributed by atoms with Crippen LogP contribution in [0.3, 0.4) is 0 Å². The fourth-order valence-corrected chi connectivity index (χ4v) is 3.50. The van der Waals surface area contributed by atoms with Crippen LogP contribution < -0.4 is 10.2 Å². The van der Waals surface area contributed by atoms with Crippen molar-refractivity contribution in [2.75, 3.05) is 16.8 Å². The number of benzene rings is 1. The molecule has 1 N–H and O–H groups in total. The van der Waals surface area contributed by atoms with Gasteiger partial charge in [0, 0.05) is 24.6 Å². The first-order valence-electron chi connectivity index (χ1n) is 9.45. The van der Waals surface area contributed by atoms with Crippen LogP contribution in [0.15, 0.2) is 48.9 Å². The zero-order chi connectivity index (χ0) is 22.3. The fraction of sp³-hybridized carbons (Fsp3) is 0.238. The molecule has 3 heterocycles.